The molecule has 0 unspecified atom stereocenters. The van der Waals surface area contributed by atoms with Crippen LogP contribution in [0.25, 0.3) is 22.2 Å². The predicted octanol–water partition coefficient (Wildman–Crippen LogP) is 3.54. The van der Waals surface area contributed by atoms with Gasteiger partial charge in [-0.05, 0) is 43.2 Å². The number of hydrogen-bond acceptors (Lipinski definition) is 5. The Morgan fingerprint density at radius 2 is 2.00 bits per heavy atom. The van der Waals surface area contributed by atoms with E-state index in [4.69, 9.17) is 19.2 Å². The van der Waals surface area contributed by atoms with Gasteiger partial charge in [0.1, 0.15) is 0 Å². The summed E-state index contributed by atoms with van der Waals surface area (Å²) in [6, 6.07) is 15.2. The van der Waals surface area contributed by atoms with Gasteiger partial charge >= 0.3 is 0 Å². The second-order valence-electron chi connectivity index (χ2n) is 6.99. The number of nitrogens with one attached hydrogen (secondary N) is 1. The molecule has 28 heavy (non-hydrogen) atoms. The number of benzene rings is 2. The van der Waals surface area contributed by atoms with Crippen molar-refractivity contribution in [2.24, 2.45) is 0 Å². The fraction of sp³-hybridized carbons (Fsp3) is 0.273. The molecule has 0 aliphatic carbocycles. The van der Waals surface area contributed by atoms with Gasteiger partial charge in [0, 0.05) is 24.1 Å². The first kappa shape index (κ1) is 17.0. The number of fused-ring (bicyclic) bond motifs is 2. The molecule has 5 rings (SSSR count). The number of para-hydroxylation sites is 1. The van der Waals surface area contributed by atoms with Crippen LogP contribution in [-0.2, 0) is 4.74 Å². The molecular formula is C22H20N2O4. The lowest BCUT2D eigenvalue weighted by atomic mass is 10.0. The van der Waals surface area contributed by atoms with Crippen LogP contribution in [0.3, 0.4) is 0 Å². The van der Waals surface area contributed by atoms with Gasteiger partial charge < -0.3 is 19.5 Å². The average Bonchev–Trinajstić information content (AvgIpc) is 3.42. The van der Waals surface area contributed by atoms with E-state index >= 15 is 0 Å². The number of carbonyl (C=O) groups excluding carboxylic acids is 1. The molecule has 1 saturated heterocycles. The summed E-state index contributed by atoms with van der Waals surface area (Å²) in [5.74, 6) is 1.30. The summed E-state index contributed by atoms with van der Waals surface area (Å²) < 4.78 is 16.5. The minimum absolute atomic E-state index is 0.102. The third kappa shape index (κ3) is 3.16. The molecule has 142 valence electrons. The van der Waals surface area contributed by atoms with Crippen molar-refractivity contribution in [2.45, 2.75) is 18.9 Å². The van der Waals surface area contributed by atoms with E-state index < -0.39 is 0 Å². The average molecular weight is 376 g/mol. The van der Waals surface area contributed by atoms with E-state index in [1.807, 2.05) is 48.5 Å². The quantitative estimate of drug-likeness (QED) is 0.754. The standard InChI is InChI=1S/C22H20N2O4/c25-22(23-12-15-4-3-9-26-15)17-11-19(24-18-6-2-1-5-16(17)18)14-7-8-20-21(10-14)28-13-27-20/h1-2,5-8,10-11,15H,3-4,9,12-13H2,(H,23,25)/t15-/m0/s1. The maximum Gasteiger partial charge on any atom is 0.252 e. The highest BCUT2D eigenvalue weighted by Gasteiger charge is 2.20. The smallest absolute Gasteiger partial charge is 0.252 e. The fourth-order valence-electron chi connectivity index (χ4n) is 3.67. The van der Waals surface area contributed by atoms with Crippen molar-refractivity contribution in [3.63, 3.8) is 0 Å². The summed E-state index contributed by atoms with van der Waals surface area (Å²) in [6.07, 6.45) is 2.14. The second-order valence-corrected chi connectivity index (χ2v) is 6.99. The highest BCUT2D eigenvalue weighted by molar-refractivity contribution is 6.07. The minimum Gasteiger partial charge on any atom is -0.454 e. The van der Waals surface area contributed by atoms with E-state index in [1.54, 1.807) is 0 Å². The van der Waals surface area contributed by atoms with Crippen LogP contribution in [0.5, 0.6) is 11.5 Å². The van der Waals surface area contributed by atoms with Gasteiger partial charge in [0.25, 0.3) is 5.91 Å². The summed E-state index contributed by atoms with van der Waals surface area (Å²) in [4.78, 5) is 17.7. The van der Waals surface area contributed by atoms with Gasteiger partial charge in [-0.25, -0.2) is 4.98 Å². The Bertz CT molecular complexity index is 1040. The molecular weight excluding hydrogens is 356 g/mol. The van der Waals surface area contributed by atoms with E-state index in [0.717, 1.165) is 47.4 Å². The van der Waals surface area contributed by atoms with Gasteiger partial charge in [-0.2, -0.15) is 0 Å². The third-order valence-corrected chi connectivity index (χ3v) is 5.14. The van der Waals surface area contributed by atoms with Crippen molar-refractivity contribution in [1.82, 2.24) is 10.3 Å². The molecule has 6 nitrogen and oxygen atoms in total. The van der Waals surface area contributed by atoms with Gasteiger partial charge in [0.15, 0.2) is 11.5 Å². The van der Waals surface area contributed by atoms with Crippen LogP contribution in [-0.4, -0.2) is 36.9 Å². The van der Waals surface area contributed by atoms with Crippen LogP contribution in [0, 0.1) is 0 Å². The summed E-state index contributed by atoms with van der Waals surface area (Å²) >= 11 is 0. The second kappa shape index (κ2) is 7.13. The summed E-state index contributed by atoms with van der Waals surface area (Å²) in [6.45, 7) is 1.52. The Labute approximate surface area is 162 Å². The number of amides is 1. The van der Waals surface area contributed by atoms with Crippen molar-refractivity contribution in [1.29, 1.82) is 0 Å². The maximum atomic E-state index is 12.9. The lowest BCUT2D eigenvalue weighted by Gasteiger charge is -2.13. The highest BCUT2D eigenvalue weighted by atomic mass is 16.7. The largest absolute Gasteiger partial charge is 0.454 e. The molecule has 0 spiro atoms. The molecule has 1 N–H and O–H groups in total. The zero-order chi connectivity index (χ0) is 18.9. The number of rotatable bonds is 4. The van der Waals surface area contributed by atoms with Crippen LogP contribution in [0.4, 0.5) is 0 Å². The van der Waals surface area contributed by atoms with E-state index in [0.29, 0.717) is 17.9 Å². The molecule has 1 atom stereocenters. The maximum absolute atomic E-state index is 12.9. The van der Waals surface area contributed by atoms with E-state index in [1.165, 1.54) is 0 Å². The number of nitrogens with zero attached hydrogens (tertiary/aromatic N) is 1. The van der Waals surface area contributed by atoms with Crippen LogP contribution in [0.1, 0.15) is 23.2 Å². The molecule has 6 heteroatoms. The SMILES string of the molecule is O=C(NC[C@@H]1CCCO1)c1cc(-c2ccc3c(c2)OCO3)nc2ccccc12. The van der Waals surface area contributed by atoms with Crippen LogP contribution >= 0.6 is 0 Å². The molecule has 2 aliphatic heterocycles. The summed E-state index contributed by atoms with van der Waals surface area (Å²) in [7, 11) is 0. The zero-order valence-corrected chi connectivity index (χ0v) is 15.3. The van der Waals surface area contributed by atoms with E-state index in [2.05, 4.69) is 5.32 Å². The highest BCUT2D eigenvalue weighted by Crippen LogP contribution is 2.36. The van der Waals surface area contributed by atoms with Crippen molar-refractivity contribution in [2.75, 3.05) is 19.9 Å². The van der Waals surface area contributed by atoms with Gasteiger partial charge in [0.05, 0.1) is 22.9 Å². The fourth-order valence-corrected chi connectivity index (χ4v) is 3.67. The molecule has 1 fully saturated rings. The molecule has 1 aromatic heterocycles. The number of pyridine rings is 1. The lowest BCUT2D eigenvalue weighted by molar-refractivity contribution is 0.0859. The van der Waals surface area contributed by atoms with E-state index in [9.17, 15) is 4.79 Å². The Morgan fingerprint density at radius 1 is 1.11 bits per heavy atom. The minimum atomic E-state index is -0.115. The third-order valence-electron chi connectivity index (χ3n) is 5.14. The Balaban J connectivity index is 1.51. The van der Waals surface area contributed by atoms with Crippen molar-refractivity contribution in [3.05, 3.63) is 54.1 Å². The molecule has 0 bridgehead atoms. The molecule has 0 saturated carbocycles. The first-order chi connectivity index (χ1) is 13.8. The van der Waals surface area contributed by atoms with Crippen LogP contribution < -0.4 is 14.8 Å². The molecule has 2 aromatic carbocycles. The molecule has 3 aromatic rings. The number of carbonyl (C=O) groups is 1. The molecule has 1 amide bonds. The Morgan fingerprint density at radius 3 is 2.89 bits per heavy atom. The Kier molecular flexibility index (Phi) is 4.33. The number of aromatic nitrogens is 1. The van der Waals surface area contributed by atoms with Gasteiger partial charge in [-0.15, -0.1) is 0 Å². The summed E-state index contributed by atoms with van der Waals surface area (Å²) in [5, 5.41) is 3.85. The molecule has 0 radical (unpaired) electrons. The Hall–Kier alpha value is -3.12. The van der Waals surface area contributed by atoms with Gasteiger partial charge in [-0.1, -0.05) is 18.2 Å². The summed E-state index contributed by atoms with van der Waals surface area (Å²) in [5.41, 5.74) is 2.98. The molecule has 3 heterocycles. The van der Waals surface area contributed by atoms with Crippen molar-refractivity contribution < 1.29 is 19.0 Å². The zero-order valence-electron chi connectivity index (χ0n) is 15.3. The van der Waals surface area contributed by atoms with Gasteiger partial charge in [-0.3, -0.25) is 4.79 Å². The monoisotopic (exact) mass is 376 g/mol. The van der Waals surface area contributed by atoms with Crippen LogP contribution in [0.15, 0.2) is 48.5 Å². The van der Waals surface area contributed by atoms with E-state index in [-0.39, 0.29) is 18.8 Å². The van der Waals surface area contributed by atoms with Crippen molar-refractivity contribution >= 4 is 16.8 Å². The van der Waals surface area contributed by atoms with Crippen LogP contribution in [0.2, 0.25) is 0 Å². The predicted molar refractivity (Wildman–Crippen MR) is 105 cm³/mol. The molecule has 2 aliphatic rings. The topological polar surface area (TPSA) is 69.7 Å². The van der Waals surface area contributed by atoms with Gasteiger partial charge in [0.2, 0.25) is 6.79 Å². The normalized spacial score (nSPS) is 17.8. The van der Waals surface area contributed by atoms with Crippen molar-refractivity contribution in [3.8, 4) is 22.8 Å². The number of hydrogen-bond donors (Lipinski definition) is 1. The first-order valence-corrected chi connectivity index (χ1v) is 9.47. The number of ether oxygens (including phenoxy) is 3. The lowest BCUT2D eigenvalue weighted by Crippen LogP contribution is -2.31. The first-order valence-electron chi connectivity index (χ1n) is 9.47.